The molecule has 0 amide bonds. The van der Waals surface area contributed by atoms with E-state index >= 15 is 0 Å². The monoisotopic (exact) mass is 355 g/mol. The highest BCUT2D eigenvalue weighted by Crippen LogP contribution is 2.39. The quantitative estimate of drug-likeness (QED) is 0.281. The van der Waals surface area contributed by atoms with E-state index in [9.17, 15) is 0 Å². The molecular formula is C27H17N. The van der Waals surface area contributed by atoms with Crippen molar-refractivity contribution in [2.24, 2.45) is 0 Å². The average Bonchev–Trinajstić information content (AvgIpc) is 2.78. The molecule has 0 aliphatic carbocycles. The Morgan fingerprint density at radius 2 is 1.11 bits per heavy atom. The number of rotatable bonds is 1. The first-order valence-corrected chi connectivity index (χ1v) is 9.58. The Kier molecular flexibility index (Phi) is 3.24. The minimum absolute atomic E-state index is 1.04. The fourth-order valence-corrected chi connectivity index (χ4v) is 4.35. The van der Waals surface area contributed by atoms with Crippen LogP contribution in [0.25, 0.3) is 54.5 Å². The zero-order valence-electron chi connectivity index (χ0n) is 15.3. The highest BCUT2D eigenvalue weighted by atomic mass is 14.7. The molecule has 0 saturated carbocycles. The van der Waals surface area contributed by atoms with E-state index in [0.29, 0.717) is 0 Å². The van der Waals surface area contributed by atoms with E-state index in [1.165, 1.54) is 37.7 Å². The molecule has 0 radical (unpaired) electrons. The van der Waals surface area contributed by atoms with Gasteiger partial charge in [0.1, 0.15) is 0 Å². The molecule has 0 spiro atoms. The van der Waals surface area contributed by atoms with Crippen LogP contribution in [0.1, 0.15) is 0 Å². The zero-order chi connectivity index (χ0) is 18.5. The number of hydrogen-bond donors (Lipinski definition) is 0. The third kappa shape index (κ3) is 2.17. The molecule has 0 saturated heterocycles. The Morgan fingerprint density at radius 3 is 2.00 bits per heavy atom. The van der Waals surface area contributed by atoms with E-state index in [0.717, 1.165) is 16.8 Å². The lowest BCUT2D eigenvalue weighted by Gasteiger charge is -2.14. The summed E-state index contributed by atoms with van der Waals surface area (Å²) in [6.45, 7) is 0. The minimum atomic E-state index is 1.04. The number of hydrogen-bond acceptors (Lipinski definition) is 1. The molecule has 1 aromatic heterocycles. The van der Waals surface area contributed by atoms with Crippen molar-refractivity contribution in [3.63, 3.8) is 0 Å². The number of pyridine rings is 1. The van der Waals surface area contributed by atoms with Gasteiger partial charge in [0.25, 0.3) is 0 Å². The topological polar surface area (TPSA) is 12.9 Å². The fraction of sp³-hybridized carbons (Fsp3) is 0. The predicted molar refractivity (Wildman–Crippen MR) is 120 cm³/mol. The molecule has 0 unspecified atom stereocenters. The second-order valence-corrected chi connectivity index (χ2v) is 7.22. The lowest BCUT2D eigenvalue weighted by molar-refractivity contribution is 1.43. The number of fused-ring (bicyclic) bond motifs is 7. The van der Waals surface area contributed by atoms with E-state index in [-0.39, 0.29) is 0 Å². The molecular weight excluding hydrogens is 338 g/mol. The number of aromatic nitrogens is 1. The summed E-state index contributed by atoms with van der Waals surface area (Å²) >= 11 is 0. The van der Waals surface area contributed by atoms with E-state index < -0.39 is 0 Å². The maximum absolute atomic E-state index is 5.13. The van der Waals surface area contributed by atoms with Gasteiger partial charge in [0.05, 0.1) is 11.2 Å². The molecule has 0 fully saturated rings. The summed E-state index contributed by atoms with van der Waals surface area (Å²) in [5.74, 6) is 0. The van der Waals surface area contributed by atoms with Crippen LogP contribution >= 0.6 is 0 Å². The Balaban J connectivity index is 1.95. The Morgan fingerprint density at radius 1 is 0.429 bits per heavy atom. The lowest BCUT2D eigenvalue weighted by atomic mass is 9.92. The van der Waals surface area contributed by atoms with Crippen LogP contribution in [0.2, 0.25) is 0 Å². The van der Waals surface area contributed by atoms with Crippen molar-refractivity contribution in [1.29, 1.82) is 0 Å². The molecule has 0 aliphatic rings. The summed E-state index contributed by atoms with van der Waals surface area (Å²) in [6.07, 6.45) is 0. The highest BCUT2D eigenvalue weighted by molar-refractivity contribution is 6.27. The molecule has 28 heavy (non-hydrogen) atoms. The van der Waals surface area contributed by atoms with Crippen molar-refractivity contribution in [3.8, 4) is 11.3 Å². The third-order valence-corrected chi connectivity index (χ3v) is 5.62. The molecule has 0 N–H and O–H groups in total. The SMILES string of the molecule is c1ccc(-c2nc3ccccc3c3ccc4ccc5ccccc5c4c23)cc1. The van der Waals surface area contributed by atoms with Gasteiger partial charge in [-0.3, -0.25) is 0 Å². The van der Waals surface area contributed by atoms with Gasteiger partial charge in [-0.05, 0) is 33.0 Å². The van der Waals surface area contributed by atoms with Gasteiger partial charge in [0.2, 0.25) is 0 Å². The van der Waals surface area contributed by atoms with Crippen LogP contribution in [0.4, 0.5) is 0 Å². The van der Waals surface area contributed by atoms with Crippen LogP contribution in [0.15, 0.2) is 103 Å². The maximum atomic E-state index is 5.13. The van der Waals surface area contributed by atoms with Crippen molar-refractivity contribution >= 4 is 43.2 Å². The van der Waals surface area contributed by atoms with Crippen molar-refractivity contribution in [3.05, 3.63) is 103 Å². The number of benzene rings is 5. The molecule has 1 nitrogen and oxygen atoms in total. The Labute approximate surface area is 162 Å². The average molecular weight is 355 g/mol. The van der Waals surface area contributed by atoms with Crippen molar-refractivity contribution in [2.45, 2.75) is 0 Å². The van der Waals surface area contributed by atoms with Crippen LogP contribution in [0.5, 0.6) is 0 Å². The van der Waals surface area contributed by atoms with Crippen molar-refractivity contribution in [2.75, 3.05) is 0 Å². The summed E-state index contributed by atoms with van der Waals surface area (Å²) in [5, 5.41) is 8.77. The van der Waals surface area contributed by atoms with Gasteiger partial charge in [-0.2, -0.15) is 0 Å². The molecule has 0 atom stereocenters. The first-order chi connectivity index (χ1) is 13.9. The second kappa shape index (κ2) is 5.90. The van der Waals surface area contributed by atoms with Gasteiger partial charge in [-0.1, -0.05) is 97.1 Å². The van der Waals surface area contributed by atoms with Gasteiger partial charge >= 0.3 is 0 Å². The molecule has 130 valence electrons. The third-order valence-electron chi connectivity index (χ3n) is 5.62. The van der Waals surface area contributed by atoms with Crippen LogP contribution in [-0.4, -0.2) is 4.98 Å². The maximum Gasteiger partial charge on any atom is 0.0794 e. The first kappa shape index (κ1) is 15.4. The van der Waals surface area contributed by atoms with Crippen LogP contribution < -0.4 is 0 Å². The van der Waals surface area contributed by atoms with Crippen LogP contribution in [-0.2, 0) is 0 Å². The van der Waals surface area contributed by atoms with E-state index in [1.807, 2.05) is 0 Å². The summed E-state index contributed by atoms with van der Waals surface area (Å²) in [7, 11) is 0. The Hall–Kier alpha value is -3.71. The standard InChI is InChI=1S/C27H17N/c1-2-9-20(10-3-1)27-26-23(22-12-6-7-13-24(22)28-27)17-16-19-15-14-18-8-4-5-11-21(18)25(19)26/h1-17H. The molecule has 6 aromatic rings. The van der Waals surface area contributed by atoms with Gasteiger partial charge in [0, 0.05) is 16.3 Å². The molecule has 0 aliphatic heterocycles. The zero-order valence-corrected chi connectivity index (χ0v) is 15.3. The van der Waals surface area contributed by atoms with E-state index in [4.69, 9.17) is 4.98 Å². The van der Waals surface area contributed by atoms with Gasteiger partial charge in [0.15, 0.2) is 0 Å². The Bertz CT molecular complexity index is 1500. The highest BCUT2D eigenvalue weighted by Gasteiger charge is 2.14. The molecule has 0 bridgehead atoms. The minimum Gasteiger partial charge on any atom is -0.247 e. The summed E-state index contributed by atoms with van der Waals surface area (Å²) in [4.78, 5) is 5.13. The second-order valence-electron chi connectivity index (χ2n) is 7.22. The van der Waals surface area contributed by atoms with Crippen molar-refractivity contribution < 1.29 is 0 Å². The van der Waals surface area contributed by atoms with Gasteiger partial charge in [-0.15, -0.1) is 0 Å². The van der Waals surface area contributed by atoms with E-state index in [2.05, 4.69) is 103 Å². The predicted octanol–water partition coefficient (Wildman–Crippen LogP) is 7.36. The van der Waals surface area contributed by atoms with Crippen LogP contribution in [0.3, 0.4) is 0 Å². The lowest BCUT2D eigenvalue weighted by Crippen LogP contribution is -1.91. The molecule has 1 heterocycles. The summed E-state index contributed by atoms with van der Waals surface area (Å²) < 4.78 is 0. The molecule has 5 aromatic carbocycles. The number of nitrogens with zero attached hydrogens (tertiary/aromatic N) is 1. The summed E-state index contributed by atoms with van der Waals surface area (Å²) in [6, 6.07) is 36.5. The largest absolute Gasteiger partial charge is 0.247 e. The van der Waals surface area contributed by atoms with Crippen LogP contribution in [0, 0.1) is 0 Å². The molecule has 6 rings (SSSR count). The van der Waals surface area contributed by atoms with Gasteiger partial charge in [-0.25, -0.2) is 4.98 Å². The fourth-order valence-electron chi connectivity index (χ4n) is 4.35. The normalized spacial score (nSPS) is 11.6. The van der Waals surface area contributed by atoms with Gasteiger partial charge < -0.3 is 0 Å². The summed E-state index contributed by atoms with van der Waals surface area (Å²) in [5.41, 5.74) is 3.24. The van der Waals surface area contributed by atoms with E-state index in [1.54, 1.807) is 0 Å². The first-order valence-electron chi connectivity index (χ1n) is 9.58. The number of para-hydroxylation sites is 1. The smallest absolute Gasteiger partial charge is 0.0794 e. The molecule has 1 heteroatoms. The van der Waals surface area contributed by atoms with Crippen molar-refractivity contribution in [1.82, 2.24) is 4.98 Å².